The molecule has 0 aromatic heterocycles. The van der Waals surface area contributed by atoms with Gasteiger partial charge in [0.2, 0.25) is 0 Å². The summed E-state index contributed by atoms with van der Waals surface area (Å²) in [5.74, 6) is 0.226. The number of para-hydroxylation sites is 1. The van der Waals surface area contributed by atoms with Crippen LogP contribution in [0.1, 0.15) is 47.0 Å². The van der Waals surface area contributed by atoms with Gasteiger partial charge in [0.25, 0.3) is 0 Å². The van der Waals surface area contributed by atoms with Gasteiger partial charge in [-0.05, 0) is 42.4 Å². The first kappa shape index (κ1) is 29.2. The number of benzene rings is 1. The maximum absolute atomic E-state index is 11.7. The van der Waals surface area contributed by atoms with Crippen molar-refractivity contribution in [2.24, 2.45) is 5.10 Å². The molecule has 0 spiro atoms. The number of carbonyl (C=O) groups is 1. The summed E-state index contributed by atoms with van der Waals surface area (Å²) in [5.41, 5.74) is 2.32. The van der Waals surface area contributed by atoms with Gasteiger partial charge in [0.05, 0.1) is 18.9 Å². The molecule has 0 saturated heterocycles. The number of nitrogens with one attached hydrogen (secondary N) is 1. The zero-order valence-corrected chi connectivity index (χ0v) is 20.7. The van der Waals surface area contributed by atoms with E-state index >= 15 is 0 Å². The van der Waals surface area contributed by atoms with Crippen molar-refractivity contribution in [1.82, 2.24) is 5.32 Å². The van der Waals surface area contributed by atoms with Crippen LogP contribution in [-0.4, -0.2) is 31.7 Å². The topological polar surface area (TPSA) is 77.7 Å². The van der Waals surface area contributed by atoms with Gasteiger partial charge >= 0.3 is 5.97 Å². The summed E-state index contributed by atoms with van der Waals surface area (Å²) in [6, 6.07) is 11.5. The molecule has 0 saturated carbocycles. The minimum atomic E-state index is -0.358. The Kier molecular flexibility index (Phi) is 16.2. The highest BCUT2D eigenvalue weighted by molar-refractivity contribution is 8.03. The van der Waals surface area contributed by atoms with E-state index in [1.165, 1.54) is 18.9 Å². The van der Waals surface area contributed by atoms with Crippen LogP contribution in [0.25, 0.3) is 0 Å². The smallest absolute Gasteiger partial charge is 0.322 e. The van der Waals surface area contributed by atoms with Gasteiger partial charge in [-0.25, -0.2) is 5.01 Å². The van der Waals surface area contributed by atoms with Crippen molar-refractivity contribution < 1.29 is 9.53 Å². The molecule has 174 valence electrons. The molecule has 1 rings (SSSR count). The zero-order valence-electron chi connectivity index (χ0n) is 19.9. The van der Waals surface area contributed by atoms with Crippen LogP contribution in [0.2, 0.25) is 0 Å². The molecule has 0 amide bonds. The average molecular weight is 457 g/mol. The molecule has 0 heterocycles. The van der Waals surface area contributed by atoms with Gasteiger partial charge in [-0.3, -0.25) is 10.1 Å². The summed E-state index contributed by atoms with van der Waals surface area (Å²) >= 11 is 1.53. The lowest BCUT2D eigenvalue weighted by Crippen LogP contribution is -2.36. The third kappa shape index (κ3) is 10.5. The zero-order chi connectivity index (χ0) is 24.4. The molecular weight excluding hydrogens is 420 g/mol. The number of thioether (sulfide) groups is 1. The highest BCUT2D eigenvalue weighted by Crippen LogP contribution is 2.26. The van der Waals surface area contributed by atoms with E-state index < -0.39 is 0 Å². The molecule has 1 aromatic carbocycles. The van der Waals surface area contributed by atoms with Crippen molar-refractivity contribution in [3.8, 4) is 6.07 Å². The Morgan fingerprint density at radius 3 is 2.50 bits per heavy atom. The molecule has 7 heteroatoms. The van der Waals surface area contributed by atoms with Crippen LogP contribution < -0.4 is 10.3 Å². The third-order valence-corrected chi connectivity index (χ3v) is 5.24. The van der Waals surface area contributed by atoms with E-state index in [1.54, 1.807) is 6.08 Å². The Labute approximate surface area is 197 Å². The number of hydrazone groups is 1. The highest BCUT2D eigenvalue weighted by Gasteiger charge is 2.16. The van der Waals surface area contributed by atoms with Crippen LogP contribution in [0.3, 0.4) is 0 Å². The minimum Gasteiger partial charge on any atom is -0.468 e. The van der Waals surface area contributed by atoms with E-state index in [2.05, 4.69) is 42.8 Å². The maximum Gasteiger partial charge on any atom is 0.322 e. The van der Waals surface area contributed by atoms with E-state index in [-0.39, 0.29) is 12.0 Å². The van der Waals surface area contributed by atoms with Gasteiger partial charge in [0.1, 0.15) is 6.04 Å². The van der Waals surface area contributed by atoms with Gasteiger partial charge in [0, 0.05) is 23.9 Å². The SMILES string of the molecule is C=NN(/C(=C/C/C(=C/C(=C)C#N)SCNC(CC)C(=O)OC)CC)c1ccccc1.CC. The fourth-order valence-corrected chi connectivity index (χ4v) is 3.56. The first-order valence-corrected chi connectivity index (χ1v) is 11.7. The molecule has 1 atom stereocenters. The van der Waals surface area contributed by atoms with Gasteiger partial charge in [-0.15, -0.1) is 11.8 Å². The van der Waals surface area contributed by atoms with Gasteiger partial charge < -0.3 is 4.74 Å². The number of allylic oxidation sites excluding steroid dienone is 5. The Hall–Kier alpha value is -2.82. The fourth-order valence-electron chi connectivity index (χ4n) is 2.66. The second-order valence-corrected chi connectivity index (χ2v) is 7.37. The lowest BCUT2D eigenvalue weighted by molar-refractivity contribution is -0.143. The number of methoxy groups -OCH3 is 1. The molecule has 1 unspecified atom stereocenters. The van der Waals surface area contributed by atoms with Crippen LogP contribution in [0.4, 0.5) is 5.69 Å². The van der Waals surface area contributed by atoms with E-state index in [0.717, 1.165) is 22.7 Å². The standard InChI is InChI=1S/C23H30N4O2S.C2H6/c1-6-19(27(25-4)20-11-9-8-10-12-20)13-14-21(15-18(3)16-24)30-17-26-22(7-2)23(28)29-5;1-2/h8-13,15,22,26H,3-4,6-7,14,17H2,1-2,5H3;1-2H3/b19-13+,21-15-;. The second-order valence-electron chi connectivity index (χ2n) is 6.27. The number of nitrogens with zero attached hydrogens (tertiary/aromatic N) is 3. The quantitative estimate of drug-likeness (QED) is 0.0977. The number of anilines is 1. The lowest BCUT2D eigenvalue weighted by Gasteiger charge is -2.21. The summed E-state index contributed by atoms with van der Waals surface area (Å²) in [4.78, 5) is 12.7. The monoisotopic (exact) mass is 456 g/mol. The van der Waals surface area contributed by atoms with Crippen molar-refractivity contribution in [2.75, 3.05) is 18.0 Å². The van der Waals surface area contributed by atoms with E-state index in [9.17, 15) is 4.79 Å². The molecular formula is C25H36N4O2S. The number of hydrogen-bond donors (Lipinski definition) is 1. The Morgan fingerprint density at radius 2 is 2.00 bits per heavy atom. The number of ether oxygens (including phenoxy) is 1. The largest absolute Gasteiger partial charge is 0.468 e. The number of nitriles is 1. The summed E-state index contributed by atoms with van der Waals surface area (Å²) < 4.78 is 4.80. The Morgan fingerprint density at radius 1 is 1.34 bits per heavy atom. The lowest BCUT2D eigenvalue weighted by atomic mass is 10.2. The van der Waals surface area contributed by atoms with E-state index in [0.29, 0.717) is 24.3 Å². The van der Waals surface area contributed by atoms with Crippen molar-refractivity contribution in [3.63, 3.8) is 0 Å². The normalized spacial score (nSPS) is 12.0. The molecule has 0 bridgehead atoms. The van der Waals surface area contributed by atoms with Crippen molar-refractivity contribution in [3.05, 3.63) is 65.2 Å². The summed E-state index contributed by atoms with van der Waals surface area (Å²) in [5, 5.41) is 18.3. The molecule has 32 heavy (non-hydrogen) atoms. The second kappa shape index (κ2) is 17.8. The Bertz CT molecular complexity index is 813. The van der Waals surface area contributed by atoms with E-state index in [1.807, 2.05) is 56.1 Å². The highest BCUT2D eigenvalue weighted by atomic mass is 32.2. The van der Waals surface area contributed by atoms with Crippen LogP contribution in [0.15, 0.2) is 70.3 Å². The molecule has 0 aliphatic carbocycles. The first-order valence-electron chi connectivity index (χ1n) is 10.7. The predicted octanol–water partition coefficient (Wildman–Crippen LogP) is 6.01. The van der Waals surface area contributed by atoms with E-state index in [4.69, 9.17) is 10.00 Å². The van der Waals surface area contributed by atoms with Crippen LogP contribution >= 0.6 is 11.8 Å². The Balaban J connectivity index is 0.00000466. The van der Waals surface area contributed by atoms with Crippen molar-refractivity contribution >= 4 is 30.1 Å². The van der Waals surface area contributed by atoms with Gasteiger partial charge in [0.15, 0.2) is 0 Å². The molecule has 0 aliphatic heterocycles. The summed E-state index contributed by atoms with van der Waals surface area (Å²) in [7, 11) is 1.38. The van der Waals surface area contributed by atoms with Gasteiger partial charge in [-0.1, -0.05) is 58.5 Å². The minimum absolute atomic E-state index is 0.284. The summed E-state index contributed by atoms with van der Waals surface area (Å²) in [6.07, 6.45) is 5.84. The number of esters is 1. The molecule has 1 aromatic rings. The van der Waals surface area contributed by atoms with Crippen LogP contribution in [-0.2, 0) is 9.53 Å². The molecule has 0 radical (unpaired) electrons. The first-order chi connectivity index (χ1) is 15.5. The predicted molar refractivity (Wildman–Crippen MR) is 137 cm³/mol. The van der Waals surface area contributed by atoms with Crippen LogP contribution in [0, 0.1) is 11.3 Å². The van der Waals surface area contributed by atoms with Crippen molar-refractivity contribution in [1.29, 1.82) is 5.26 Å². The maximum atomic E-state index is 11.7. The van der Waals surface area contributed by atoms with Gasteiger partial charge in [-0.2, -0.15) is 10.4 Å². The number of carbonyl (C=O) groups excluding carboxylic acids is 1. The molecule has 0 fully saturated rings. The number of hydrogen-bond acceptors (Lipinski definition) is 7. The third-order valence-electron chi connectivity index (χ3n) is 4.28. The summed E-state index contributed by atoms with van der Waals surface area (Å²) in [6.45, 7) is 15.4. The fraction of sp³-hybridized carbons (Fsp3) is 0.400. The molecule has 6 nitrogen and oxygen atoms in total. The number of rotatable bonds is 13. The molecule has 0 aliphatic rings. The van der Waals surface area contributed by atoms with Crippen molar-refractivity contribution in [2.45, 2.75) is 53.0 Å². The van der Waals surface area contributed by atoms with Crippen LogP contribution in [0.5, 0.6) is 0 Å². The average Bonchev–Trinajstić information content (AvgIpc) is 2.85. The molecule has 1 N–H and O–H groups in total.